The number of rotatable bonds is 8. The first kappa shape index (κ1) is 19.9. The van der Waals surface area contributed by atoms with Crippen LogP contribution in [-0.4, -0.2) is 74.2 Å². The lowest BCUT2D eigenvalue weighted by Crippen LogP contribution is -2.51. The molecule has 2 rings (SSSR count). The highest BCUT2D eigenvalue weighted by Crippen LogP contribution is 2.17. The van der Waals surface area contributed by atoms with Gasteiger partial charge in [0.05, 0.1) is 11.4 Å². The molecule has 1 aromatic carbocycles. The first-order chi connectivity index (χ1) is 12.0. The van der Waals surface area contributed by atoms with E-state index >= 15 is 0 Å². The number of sulfonamides is 1. The summed E-state index contributed by atoms with van der Waals surface area (Å²) in [6, 6.07) is 8.52. The van der Waals surface area contributed by atoms with Gasteiger partial charge in [0, 0.05) is 39.3 Å². The minimum Gasteiger partial charge on any atom is -0.342 e. The van der Waals surface area contributed by atoms with Gasteiger partial charge in [-0.15, -0.1) is 0 Å². The number of piperazine rings is 1. The van der Waals surface area contributed by atoms with Gasteiger partial charge >= 0.3 is 0 Å². The van der Waals surface area contributed by atoms with Crippen molar-refractivity contribution in [3.8, 4) is 0 Å². The summed E-state index contributed by atoms with van der Waals surface area (Å²) in [6.45, 7) is 8.11. The van der Waals surface area contributed by atoms with Gasteiger partial charge in [0.15, 0.2) is 0 Å². The molecule has 6 nitrogen and oxygen atoms in total. The maximum Gasteiger partial charge on any atom is 0.243 e. The monoisotopic (exact) mass is 367 g/mol. The molecule has 0 aromatic heterocycles. The highest BCUT2D eigenvalue weighted by atomic mass is 32.2. The zero-order chi connectivity index (χ0) is 18.3. The molecule has 1 fully saturated rings. The Morgan fingerprint density at radius 2 is 1.56 bits per heavy atom. The molecule has 0 spiro atoms. The molecule has 140 valence electrons. The van der Waals surface area contributed by atoms with Crippen molar-refractivity contribution in [2.45, 2.75) is 31.6 Å². The second kappa shape index (κ2) is 9.31. The summed E-state index contributed by atoms with van der Waals surface area (Å²) in [7, 11) is -3.44. The minimum absolute atomic E-state index is 0.142. The molecule has 0 radical (unpaired) electrons. The van der Waals surface area contributed by atoms with Crippen molar-refractivity contribution >= 4 is 15.9 Å². The SMILES string of the molecule is CCCN(CCC)C(=O)CN1CCN(S(=O)(=O)c2ccccc2)CC1. The van der Waals surface area contributed by atoms with E-state index in [0.717, 1.165) is 25.9 Å². The van der Waals surface area contributed by atoms with Crippen LogP contribution in [0.4, 0.5) is 0 Å². The van der Waals surface area contributed by atoms with E-state index in [1.165, 1.54) is 4.31 Å². The third-order valence-corrected chi connectivity index (χ3v) is 6.32. The van der Waals surface area contributed by atoms with Gasteiger partial charge in [0.2, 0.25) is 15.9 Å². The summed E-state index contributed by atoms with van der Waals surface area (Å²) < 4.78 is 26.8. The number of carbonyl (C=O) groups is 1. The van der Waals surface area contributed by atoms with Gasteiger partial charge < -0.3 is 4.90 Å². The molecule has 0 unspecified atom stereocenters. The summed E-state index contributed by atoms with van der Waals surface area (Å²) in [6.07, 6.45) is 1.91. The molecular formula is C18H29N3O3S. The Morgan fingerprint density at radius 3 is 2.08 bits per heavy atom. The maximum absolute atomic E-state index is 12.6. The number of hydrogen-bond acceptors (Lipinski definition) is 4. The second-order valence-electron chi connectivity index (χ2n) is 6.37. The van der Waals surface area contributed by atoms with Crippen LogP contribution in [-0.2, 0) is 14.8 Å². The summed E-state index contributed by atoms with van der Waals surface area (Å²) in [5, 5.41) is 0. The summed E-state index contributed by atoms with van der Waals surface area (Å²) in [4.78, 5) is 16.7. The van der Waals surface area contributed by atoms with Gasteiger partial charge in [-0.2, -0.15) is 4.31 Å². The van der Waals surface area contributed by atoms with Crippen molar-refractivity contribution in [1.29, 1.82) is 0 Å². The van der Waals surface area contributed by atoms with Crippen LogP contribution in [0.1, 0.15) is 26.7 Å². The molecule has 25 heavy (non-hydrogen) atoms. The highest BCUT2D eigenvalue weighted by Gasteiger charge is 2.29. The predicted molar refractivity (Wildman–Crippen MR) is 98.8 cm³/mol. The van der Waals surface area contributed by atoms with E-state index in [1.54, 1.807) is 30.3 Å². The molecule has 0 bridgehead atoms. The first-order valence-electron chi connectivity index (χ1n) is 9.04. The zero-order valence-electron chi connectivity index (χ0n) is 15.2. The molecule has 1 heterocycles. The Morgan fingerprint density at radius 1 is 1.00 bits per heavy atom. The molecule has 7 heteroatoms. The van der Waals surface area contributed by atoms with Gasteiger partial charge in [0.25, 0.3) is 0 Å². The van der Waals surface area contributed by atoms with Gasteiger partial charge in [0.1, 0.15) is 0 Å². The Hall–Kier alpha value is -1.44. The molecule has 0 aliphatic carbocycles. The number of hydrogen-bond donors (Lipinski definition) is 0. The van der Waals surface area contributed by atoms with E-state index in [0.29, 0.717) is 37.6 Å². The van der Waals surface area contributed by atoms with Crippen molar-refractivity contribution in [2.75, 3.05) is 45.8 Å². The van der Waals surface area contributed by atoms with Crippen LogP contribution >= 0.6 is 0 Å². The van der Waals surface area contributed by atoms with Crippen LogP contribution in [0.2, 0.25) is 0 Å². The fourth-order valence-electron chi connectivity index (χ4n) is 3.06. The smallest absolute Gasteiger partial charge is 0.243 e. The van der Waals surface area contributed by atoms with E-state index in [9.17, 15) is 13.2 Å². The van der Waals surface area contributed by atoms with E-state index in [-0.39, 0.29) is 5.91 Å². The van der Waals surface area contributed by atoms with Gasteiger partial charge in [-0.25, -0.2) is 8.42 Å². The Bertz CT molecular complexity index is 635. The minimum atomic E-state index is -3.44. The molecular weight excluding hydrogens is 338 g/mol. The molecule has 1 amide bonds. The summed E-state index contributed by atoms with van der Waals surface area (Å²) in [5.74, 6) is 0.142. The first-order valence-corrected chi connectivity index (χ1v) is 10.5. The average molecular weight is 368 g/mol. The lowest BCUT2D eigenvalue weighted by Gasteiger charge is -2.34. The Kier molecular flexibility index (Phi) is 7.40. The van der Waals surface area contributed by atoms with Gasteiger partial charge in [-0.1, -0.05) is 32.0 Å². The molecule has 1 saturated heterocycles. The Labute approximate surface area is 151 Å². The molecule has 1 aliphatic heterocycles. The number of carbonyl (C=O) groups excluding carboxylic acids is 1. The highest BCUT2D eigenvalue weighted by molar-refractivity contribution is 7.89. The molecule has 1 aliphatic rings. The van der Waals surface area contributed by atoms with Crippen molar-refractivity contribution < 1.29 is 13.2 Å². The van der Waals surface area contributed by atoms with Crippen molar-refractivity contribution in [2.24, 2.45) is 0 Å². The van der Waals surface area contributed by atoms with Crippen LogP contribution in [0.25, 0.3) is 0 Å². The van der Waals surface area contributed by atoms with Crippen molar-refractivity contribution in [3.63, 3.8) is 0 Å². The lowest BCUT2D eigenvalue weighted by molar-refractivity contribution is -0.132. The Balaban J connectivity index is 1.90. The van der Waals surface area contributed by atoms with Crippen molar-refractivity contribution in [1.82, 2.24) is 14.1 Å². The van der Waals surface area contributed by atoms with Crippen LogP contribution < -0.4 is 0 Å². The van der Waals surface area contributed by atoms with E-state index in [2.05, 4.69) is 18.7 Å². The molecule has 0 saturated carbocycles. The number of nitrogens with zero attached hydrogens (tertiary/aromatic N) is 3. The lowest BCUT2D eigenvalue weighted by atomic mass is 10.3. The quantitative estimate of drug-likeness (QED) is 0.701. The molecule has 0 atom stereocenters. The predicted octanol–water partition coefficient (Wildman–Crippen LogP) is 1.64. The third kappa shape index (κ3) is 5.26. The van der Waals surface area contributed by atoms with Gasteiger partial charge in [-0.3, -0.25) is 9.69 Å². The summed E-state index contributed by atoms with van der Waals surface area (Å²) >= 11 is 0. The van der Waals surface area contributed by atoms with Crippen LogP contribution in [0.15, 0.2) is 35.2 Å². The molecule has 0 N–H and O–H groups in total. The zero-order valence-corrected chi connectivity index (χ0v) is 16.0. The number of amides is 1. The van der Waals surface area contributed by atoms with Gasteiger partial charge in [-0.05, 0) is 25.0 Å². The fraction of sp³-hybridized carbons (Fsp3) is 0.611. The topological polar surface area (TPSA) is 60.9 Å². The van der Waals surface area contributed by atoms with Crippen LogP contribution in [0.5, 0.6) is 0 Å². The van der Waals surface area contributed by atoms with Crippen molar-refractivity contribution in [3.05, 3.63) is 30.3 Å². The average Bonchev–Trinajstić information content (AvgIpc) is 2.62. The number of benzene rings is 1. The summed E-state index contributed by atoms with van der Waals surface area (Å²) in [5.41, 5.74) is 0. The maximum atomic E-state index is 12.6. The second-order valence-corrected chi connectivity index (χ2v) is 8.31. The van der Waals surface area contributed by atoms with Crippen LogP contribution in [0, 0.1) is 0 Å². The largest absolute Gasteiger partial charge is 0.342 e. The standard InChI is InChI=1S/C18H29N3O3S/c1-3-10-20(11-4-2)18(22)16-19-12-14-21(15-13-19)25(23,24)17-8-6-5-7-9-17/h5-9H,3-4,10-16H2,1-2H3. The van der Waals surface area contributed by atoms with E-state index in [1.807, 2.05) is 4.90 Å². The van der Waals surface area contributed by atoms with E-state index in [4.69, 9.17) is 0 Å². The van der Waals surface area contributed by atoms with Crippen LogP contribution in [0.3, 0.4) is 0 Å². The third-order valence-electron chi connectivity index (χ3n) is 4.41. The fourth-order valence-corrected chi connectivity index (χ4v) is 4.51. The normalized spacial score (nSPS) is 16.7. The molecule has 1 aromatic rings. The van der Waals surface area contributed by atoms with E-state index < -0.39 is 10.0 Å².